The van der Waals surface area contributed by atoms with Gasteiger partial charge in [0.25, 0.3) is 0 Å². The Morgan fingerprint density at radius 3 is 2.80 bits per heavy atom. The molecule has 3 heteroatoms. The lowest BCUT2D eigenvalue weighted by molar-refractivity contribution is 0.729. The van der Waals surface area contributed by atoms with Crippen molar-refractivity contribution < 1.29 is 0 Å². The first-order valence-electron chi connectivity index (χ1n) is 5.31. The van der Waals surface area contributed by atoms with E-state index in [2.05, 4.69) is 13.0 Å². The minimum absolute atomic E-state index is 0.185. The number of hydrogen-bond acceptors (Lipinski definition) is 2. The summed E-state index contributed by atoms with van der Waals surface area (Å²) in [7, 11) is 0. The molecule has 84 valence electrons. The molecule has 2 N–H and O–H groups in total. The van der Waals surface area contributed by atoms with Crippen molar-refractivity contribution in [2.75, 3.05) is 5.75 Å². The number of benzene rings is 1. The summed E-state index contributed by atoms with van der Waals surface area (Å²) in [6.45, 7) is 4.20. The molecule has 0 spiro atoms. The molecular formula is C12H18ClNS. The van der Waals surface area contributed by atoms with E-state index in [-0.39, 0.29) is 6.04 Å². The summed E-state index contributed by atoms with van der Waals surface area (Å²) in [4.78, 5) is 1.21. The van der Waals surface area contributed by atoms with Crippen LogP contribution in [0.1, 0.15) is 25.8 Å². The Bertz CT molecular complexity index is 312. The number of hydrogen-bond donors (Lipinski definition) is 1. The van der Waals surface area contributed by atoms with Gasteiger partial charge in [0.2, 0.25) is 0 Å². The third-order valence-corrected chi connectivity index (χ3v) is 3.85. The van der Waals surface area contributed by atoms with Crippen molar-refractivity contribution in [2.24, 2.45) is 5.73 Å². The van der Waals surface area contributed by atoms with Crippen molar-refractivity contribution in [2.45, 2.75) is 37.6 Å². The van der Waals surface area contributed by atoms with Crippen molar-refractivity contribution >= 4 is 23.4 Å². The van der Waals surface area contributed by atoms with Crippen molar-refractivity contribution in [3.05, 3.63) is 28.8 Å². The first-order valence-corrected chi connectivity index (χ1v) is 6.67. The Morgan fingerprint density at radius 2 is 2.20 bits per heavy atom. The van der Waals surface area contributed by atoms with Crippen molar-refractivity contribution in [1.82, 2.24) is 0 Å². The second kappa shape index (κ2) is 6.41. The molecule has 1 rings (SSSR count). The average Bonchev–Trinajstić information content (AvgIpc) is 2.16. The van der Waals surface area contributed by atoms with Crippen LogP contribution in [0, 0.1) is 0 Å². The van der Waals surface area contributed by atoms with Crippen LogP contribution in [0.15, 0.2) is 23.1 Å². The van der Waals surface area contributed by atoms with Gasteiger partial charge in [-0.15, -0.1) is 11.8 Å². The second-order valence-electron chi connectivity index (χ2n) is 3.76. The largest absolute Gasteiger partial charge is 0.328 e. The zero-order chi connectivity index (χ0) is 11.3. The minimum Gasteiger partial charge on any atom is -0.328 e. The van der Waals surface area contributed by atoms with E-state index in [1.54, 1.807) is 0 Å². The van der Waals surface area contributed by atoms with Crippen LogP contribution in [0.4, 0.5) is 0 Å². The second-order valence-corrected chi connectivity index (χ2v) is 5.27. The van der Waals surface area contributed by atoms with Crippen LogP contribution in [0.3, 0.4) is 0 Å². The molecule has 0 heterocycles. The molecule has 0 aliphatic heterocycles. The summed E-state index contributed by atoms with van der Waals surface area (Å²) in [5, 5.41) is 0.853. The third kappa shape index (κ3) is 4.06. The standard InChI is InChI=1S/C12H18ClNS/c1-3-7-15-12-10(8-9(2)14)5-4-6-11(12)13/h4-6,9H,3,7-8,14H2,1-2H3. The molecule has 1 aromatic rings. The molecule has 1 unspecified atom stereocenters. The SMILES string of the molecule is CCCSc1c(Cl)cccc1CC(C)N. The lowest BCUT2D eigenvalue weighted by Gasteiger charge is -2.12. The fourth-order valence-corrected chi connectivity index (χ4v) is 2.74. The fourth-order valence-electron chi connectivity index (χ4n) is 1.43. The first kappa shape index (κ1) is 12.9. The van der Waals surface area contributed by atoms with Gasteiger partial charge in [-0.1, -0.05) is 30.7 Å². The maximum absolute atomic E-state index is 6.19. The van der Waals surface area contributed by atoms with E-state index in [0.29, 0.717) is 0 Å². The predicted octanol–water partition coefficient (Wildman–Crippen LogP) is 3.73. The first-order chi connectivity index (χ1) is 7.15. The topological polar surface area (TPSA) is 26.0 Å². The Morgan fingerprint density at radius 1 is 1.47 bits per heavy atom. The molecule has 15 heavy (non-hydrogen) atoms. The lowest BCUT2D eigenvalue weighted by Crippen LogP contribution is -2.18. The Hall–Kier alpha value is -0.180. The predicted molar refractivity (Wildman–Crippen MR) is 69.8 cm³/mol. The summed E-state index contributed by atoms with van der Waals surface area (Å²) in [6, 6.07) is 6.25. The van der Waals surface area contributed by atoms with E-state index in [1.165, 1.54) is 10.5 Å². The molecule has 0 fully saturated rings. The maximum Gasteiger partial charge on any atom is 0.0544 e. The Kier molecular flexibility index (Phi) is 5.51. The molecule has 1 nitrogen and oxygen atoms in total. The summed E-state index contributed by atoms with van der Waals surface area (Å²) in [6.07, 6.45) is 2.06. The van der Waals surface area contributed by atoms with Gasteiger partial charge in [-0.05, 0) is 37.1 Å². The third-order valence-electron chi connectivity index (χ3n) is 2.04. The highest BCUT2D eigenvalue weighted by molar-refractivity contribution is 7.99. The Balaban J connectivity index is 2.87. The van der Waals surface area contributed by atoms with E-state index in [4.69, 9.17) is 17.3 Å². The van der Waals surface area contributed by atoms with Crippen LogP contribution >= 0.6 is 23.4 Å². The zero-order valence-corrected chi connectivity index (χ0v) is 10.9. The van der Waals surface area contributed by atoms with Gasteiger partial charge >= 0.3 is 0 Å². The summed E-state index contributed by atoms with van der Waals surface area (Å²) in [5.41, 5.74) is 7.09. The Labute approximate surface area is 101 Å². The molecular weight excluding hydrogens is 226 g/mol. The summed E-state index contributed by atoms with van der Waals surface area (Å²) in [5.74, 6) is 1.11. The van der Waals surface area contributed by atoms with E-state index < -0.39 is 0 Å². The molecule has 1 atom stereocenters. The molecule has 1 aromatic carbocycles. The number of rotatable bonds is 5. The number of thioether (sulfide) groups is 1. The monoisotopic (exact) mass is 243 g/mol. The quantitative estimate of drug-likeness (QED) is 0.798. The number of nitrogens with two attached hydrogens (primary N) is 1. The van der Waals surface area contributed by atoms with Crippen LogP contribution in [0.2, 0.25) is 5.02 Å². The molecule has 0 aromatic heterocycles. The normalized spacial score (nSPS) is 12.8. The lowest BCUT2D eigenvalue weighted by atomic mass is 10.1. The highest BCUT2D eigenvalue weighted by Gasteiger charge is 2.08. The van der Waals surface area contributed by atoms with Crippen LogP contribution in [0.25, 0.3) is 0 Å². The average molecular weight is 244 g/mol. The van der Waals surface area contributed by atoms with Gasteiger partial charge in [0.05, 0.1) is 5.02 Å². The van der Waals surface area contributed by atoms with Gasteiger partial charge in [-0.3, -0.25) is 0 Å². The van der Waals surface area contributed by atoms with E-state index in [9.17, 15) is 0 Å². The maximum atomic E-state index is 6.19. The van der Waals surface area contributed by atoms with Crippen LogP contribution in [0.5, 0.6) is 0 Å². The van der Waals surface area contributed by atoms with Crippen molar-refractivity contribution in [3.8, 4) is 0 Å². The van der Waals surface area contributed by atoms with Crippen molar-refractivity contribution in [3.63, 3.8) is 0 Å². The highest BCUT2D eigenvalue weighted by atomic mass is 35.5. The summed E-state index contributed by atoms with van der Waals surface area (Å²) < 4.78 is 0. The van der Waals surface area contributed by atoms with Gasteiger partial charge in [0.15, 0.2) is 0 Å². The van der Waals surface area contributed by atoms with Crippen LogP contribution in [-0.4, -0.2) is 11.8 Å². The molecule has 0 aliphatic carbocycles. The van der Waals surface area contributed by atoms with Gasteiger partial charge in [-0.25, -0.2) is 0 Å². The van der Waals surface area contributed by atoms with Gasteiger partial charge in [0, 0.05) is 10.9 Å². The smallest absolute Gasteiger partial charge is 0.0544 e. The van der Waals surface area contributed by atoms with E-state index >= 15 is 0 Å². The molecule has 0 bridgehead atoms. The van der Waals surface area contributed by atoms with Gasteiger partial charge < -0.3 is 5.73 Å². The molecule has 0 aliphatic rings. The van der Waals surface area contributed by atoms with E-state index in [1.807, 2.05) is 30.8 Å². The van der Waals surface area contributed by atoms with Gasteiger partial charge in [0.1, 0.15) is 0 Å². The van der Waals surface area contributed by atoms with Gasteiger partial charge in [-0.2, -0.15) is 0 Å². The minimum atomic E-state index is 0.185. The summed E-state index contributed by atoms with van der Waals surface area (Å²) >= 11 is 8.02. The molecule has 0 radical (unpaired) electrons. The van der Waals surface area contributed by atoms with Crippen LogP contribution < -0.4 is 5.73 Å². The van der Waals surface area contributed by atoms with Crippen molar-refractivity contribution in [1.29, 1.82) is 0 Å². The number of halogens is 1. The fraction of sp³-hybridized carbons (Fsp3) is 0.500. The molecule has 0 saturated heterocycles. The van der Waals surface area contributed by atoms with E-state index in [0.717, 1.165) is 23.6 Å². The molecule has 0 saturated carbocycles. The molecule has 0 amide bonds. The zero-order valence-electron chi connectivity index (χ0n) is 9.29. The van der Waals surface area contributed by atoms with Crippen LogP contribution in [-0.2, 0) is 6.42 Å². The highest BCUT2D eigenvalue weighted by Crippen LogP contribution is 2.31.